The van der Waals surface area contributed by atoms with Crippen LogP contribution in [0.5, 0.6) is 0 Å². The summed E-state index contributed by atoms with van der Waals surface area (Å²) < 4.78 is 11.5. The fourth-order valence-corrected chi connectivity index (χ4v) is 2.88. The van der Waals surface area contributed by atoms with Gasteiger partial charge in [-0.15, -0.1) is 0 Å². The van der Waals surface area contributed by atoms with Gasteiger partial charge in [0.2, 0.25) is 0 Å². The molecule has 0 heterocycles. The highest BCUT2D eigenvalue weighted by atomic mass is 32.2. The molecule has 8 heteroatoms. The lowest BCUT2D eigenvalue weighted by Crippen LogP contribution is -2.35. The number of amides is 2. The average molecular weight is 347 g/mol. The van der Waals surface area contributed by atoms with E-state index < -0.39 is 27.8 Å². The van der Waals surface area contributed by atoms with Gasteiger partial charge in [0.15, 0.2) is 0 Å². The van der Waals surface area contributed by atoms with E-state index in [0.717, 1.165) is 5.56 Å². The van der Waals surface area contributed by atoms with Crippen molar-refractivity contribution in [1.29, 1.82) is 0 Å². The van der Waals surface area contributed by atoms with Crippen LogP contribution < -0.4 is 10.6 Å². The van der Waals surface area contributed by atoms with Gasteiger partial charge < -0.3 is 10.6 Å². The first kappa shape index (κ1) is 17.6. The number of rotatable bonds is 6. The summed E-state index contributed by atoms with van der Waals surface area (Å²) in [5, 5.41) is 16.0. The predicted molar refractivity (Wildman–Crippen MR) is 93.4 cm³/mol. The molecule has 2 atom stereocenters. The smallest absolute Gasteiger partial charge is 0.319 e. The van der Waals surface area contributed by atoms with Crippen LogP contribution in [0.15, 0.2) is 54.6 Å². The average Bonchev–Trinajstić information content (AvgIpc) is 2.55. The van der Waals surface area contributed by atoms with Gasteiger partial charge in [-0.2, -0.15) is 0 Å². The zero-order valence-electron chi connectivity index (χ0n) is 13.0. The van der Waals surface area contributed by atoms with Crippen molar-refractivity contribution >= 4 is 28.2 Å². The monoisotopic (exact) mass is 347 g/mol. The molecule has 2 N–H and O–H groups in total. The number of nitrogens with one attached hydrogen (secondary N) is 2. The van der Waals surface area contributed by atoms with E-state index in [1.807, 2.05) is 30.3 Å². The normalized spacial score (nSPS) is 12.9. The lowest BCUT2D eigenvalue weighted by Gasteiger charge is -2.18. The van der Waals surface area contributed by atoms with E-state index in [-0.39, 0.29) is 11.4 Å². The number of anilines is 1. The van der Waals surface area contributed by atoms with Gasteiger partial charge in [0.05, 0.1) is 11.0 Å². The van der Waals surface area contributed by atoms with Crippen LogP contribution >= 0.6 is 0 Å². The van der Waals surface area contributed by atoms with E-state index in [2.05, 4.69) is 10.6 Å². The van der Waals surface area contributed by atoms with Crippen molar-refractivity contribution in [2.24, 2.45) is 0 Å². The zero-order valence-corrected chi connectivity index (χ0v) is 13.8. The van der Waals surface area contributed by atoms with Crippen LogP contribution in [0.25, 0.3) is 0 Å². The lowest BCUT2D eigenvalue weighted by atomic mass is 10.1. The van der Waals surface area contributed by atoms with Crippen LogP contribution in [0.3, 0.4) is 0 Å². The molecular formula is C16H17N3O4S. The molecule has 0 fully saturated rings. The second-order valence-corrected chi connectivity index (χ2v) is 6.59. The first-order valence-corrected chi connectivity index (χ1v) is 8.85. The van der Waals surface area contributed by atoms with Crippen molar-refractivity contribution in [2.45, 2.75) is 6.04 Å². The molecule has 0 unspecified atom stereocenters. The molecule has 0 saturated carbocycles. The van der Waals surface area contributed by atoms with E-state index in [0.29, 0.717) is 5.69 Å². The Hall–Kier alpha value is -2.74. The number of urea groups is 1. The molecule has 0 aromatic heterocycles. The second-order valence-electron chi connectivity index (χ2n) is 5.11. The summed E-state index contributed by atoms with van der Waals surface area (Å²) in [6.07, 6.45) is 1.58. The minimum atomic E-state index is -1.08. The molecular weight excluding hydrogens is 330 g/mol. The highest BCUT2D eigenvalue weighted by molar-refractivity contribution is 7.84. The van der Waals surface area contributed by atoms with Gasteiger partial charge in [0, 0.05) is 40.6 Å². The van der Waals surface area contributed by atoms with Crippen LogP contribution in [0.2, 0.25) is 0 Å². The largest absolute Gasteiger partial charge is 0.330 e. The first-order valence-electron chi connectivity index (χ1n) is 7.12. The number of carbonyl (C=O) groups excluding carboxylic acids is 1. The Bertz CT molecular complexity index is 735. The van der Waals surface area contributed by atoms with Gasteiger partial charge in [-0.1, -0.05) is 30.3 Å². The van der Waals surface area contributed by atoms with Gasteiger partial charge in [0.1, 0.15) is 0 Å². The third-order valence-corrected chi connectivity index (χ3v) is 4.05. The Morgan fingerprint density at radius 3 is 2.33 bits per heavy atom. The molecule has 2 rings (SSSR count). The number of benzene rings is 2. The Kier molecular flexibility index (Phi) is 6.02. The number of nitro benzene ring substituents is 1. The van der Waals surface area contributed by atoms with Crippen LogP contribution in [0, 0.1) is 10.1 Å². The molecule has 2 aromatic carbocycles. The molecule has 0 spiro atoms. The molecule has 0 aliphatic rings. The molecule has 2 aromatic rings. The van der Waals surface area contributed by atoms with E-state index >= 15 is 0 Å². The van der Waals surface area contributed by atoms with Crippen molar-refractivity contribution < 1.29 is 13.9 Å². The molecule has 126 valence electrons. The van der Waals surface area contributed by atoms with E-state index in [9.17, 15) is 19.1 Å². The van der Waals surface area contributed by atoms with Crippen molar-refractivity contribution in [2.75, 3.05) is 17.3 Å². The van der Waals surface area contributed by atoms with Gasteiger partial charge in [-0.25, -0.2) is 4.79 Å². The number of nitrogens with zero attached hydrogens (tertiary/aromatic N) is 1. The minimum Gasteiger partial charge on any atom is -0.330 e. The van der Waals surface area contributed by atoms with Crippen molar-refractivity contribution in [3.8, 4) is 0 Å². The molecule has 7 nitrogen and oxygen atoms in total. The number of hydrogen-bond donors (Lipinski definition) is 2. The quantitative estimate of drug-likeness (QED) is 0.619. The van der Waals surface area contributed by atoms with Crippen molar-refractivity contribution in [1.82, 2.24) is 5.32 Å². The number of nitro groups is 1. The fraction of sp³-hybridized carbons (Fsp3) is 0.188. The Balaban J connectivity index is 2.04. The third kappa shape index (κ3) is 5.17. The van der Waals surface area contributed by atoms with Crippen molar-refractivity contribution in [3.05, 3.63) is 70.3 Å². The Morgan fingerprint density at radius 1 is 1.17 bits per heavy atom. The van der Waals surface area contributed by atoms with Gasteiger partial charge in [0.25, 0.3) is 5.69 Å². The van der Waals surface area contributed by atoms with Gasteiger partial charge in [-0.3, -0.25) is 14.3 Å². The zero-order chi connectivity index (χ0) is 17.5. The van der Waals surface area contributed by atoms with E-state index in [1.54, 1.807) is 6.26 Å². The number of non-ortho nitro benzene ring substituents is 1. The van der Waals surface area contributed by atoms with Crippen LogP contribution in [-0.4, -0.2) is 27.2 Å². The SMILES string of the molecule is C[S@@](=O)C[C@@H](NC(=O)Nc1ccc([N+](=O)[O-])cc1)c1ccccc1. The summed E-state index contributed by atoms with van der Waals surface area (Å²) in [5.41, 5.74) is 1.23. The molecule has 0 aliphatic carbocycles. The third-order valence-electron chi connectivity index (χ3n) is 3.24. The second kappa shape index (κ2) is 8.21. The maximum absolute atomic E-state index is 12.1. The number of carbonyl (C=O) groups is 1. The molecule has 0 aliphatic heterocycles. The topological polar surface area (TPSA) is 101 Å². The summed E-state index contributed by atoms with van der Waals surface area (Å²) >= 11 is 0. The van der Waals surface area contributed by atoms with E-state index in [4.69, 9.17) is 0 Å². The summed E-state index contributed by atoms with van der Waals surface area (Å²) in [6.45, 7) is 0. The van der Waals surface area contributed by atoms with Crippen LogP contribution in [0.4, 0.5) is 16.2 Å². The summed E-state index contributed by atoms with van der Waals surface area (Å²) in [4.78, 5) is 22.2. The Labute approximate surface area is 141 Å². The number of hydrogen-bond acceptors (Lipinski definition) is 4. The van der Waals surface area contributed by atoms with E-state index in [1.165, 1.54) is 24.3 Å². The lowest BCUT2D eigenvalue weighted by molar-refractivity contribution is -0.384. The molecule has 2 amide bonds. The van der Waals surface area contributed by atoms with Gasteiger partial charge in [-0.05, 0) is 17.7 Å². The molecule has 0 saturated heterocycles. The molecule has 0 bridgehead atoms. The van der Waals surface area contributed by atoms with Crippen molar-refractivity contribution in [3.63, 3.8) is 0 Å². The summed E-state index contributed by atoms with van der Waals surface area (Å²) in [5.74, 6) is 0.289. The highest BCUT2D eigenvalue weighted by Crippen LogP contribution is 2.17. The molecule has 24 heavy (non-hydrogen) atoms. The first-order chi connectivity index (χ1) is 11.5. The van der Waals surface area contributed by atoms with Crippen LogP contribution in [0.1, 0.15) is 11.6 Å². The predicted octanol–water partition coefficient (Wildman–Crippen LogP) is 2.84. The van der Waals surface area contributed by atoms with Crippen LogP contribution in [-0.2, 0) is 10.8 Å². The highest BCUT2D eigenvalue weighted by Gasteiger charge is 2.16. The maximum atomic E-state index is 12.1. The van der Waals surface area contributed by atoms with Gasteiger partial charge >= 0.3 is 6.03 Å². The summed E-state index contributed by atoms with van der Waals surface area (Å²) in [7, 11) is -1.08. The standard InChI is InChI=1S/C16H17N3O4S/c1-24(23)11-15(12-5-3-2-4-6-12)18-16(20)17-13-7-9-14(10-8-13)19(21)22/h2-10,15H,11H2,1H3,(H2,17,18,20)/t15-,24-/m1/s1. The fourth-order valence-electron chi connectivity index (χ4n) is 2.13. The minimum absolute atomic E-state index is 0.0514. The molecule has 0 radical (unpaired) electrons. The summed E-state index contributed by atoms with van der Waals surface area (Å²) in [6, 6.07) is 13.9. The Morgan fingerprint density at radius 2 is 1.79 bits per heavy atom. The maximum Gasteiger partial charge on any atom is 0.319 e.